The van der Waals surface area contributed by atoms with Crippen LogP contribution in [0.4, 0.5) is 0 Å². The van der Waals surface area contributed by atoms with Crippen LogP contribution in [0, 0.1) is 0 Å². The predicted molar refractivity (Wildman–Crippen MR) is 78.1 cm³/mol. The molecule has 3 N–H and O–H groups in total. The van der Waals surface area contributed by atoms with Gasteiger partial charge in [-0.1, -0.05) is 0 Å². The first kappa shape index (κ1) is 21.9. The van der Waals surface area contributed by atoms with E-state index in [2.05, 4.69) is 4.52 Å². The molecule has 0 saturated carbocycles. The fraction of sp³-hybridized carbons (Fsp3) is 1.00. The molecule has 10 heteroatoms. The molecule has 0 amide bonds. The molecule has 2 unspecified atom stereocenters. The van der Waals surface area contributed by atoms with Crippen molar-refractivity contribution in [2.24, 2.45) is 0 Å². The normalized spacial score (nSPS) is 15.6. The van der Waals surface area contributed by atoms with Crippen molar-refractivity contribution in [1.29, 1.82) is 0 Å². The summed E-state index contributed by atoms with van der Waals surface area (Å²) >= 11 is 0. The molecule has 0 aliphatic carbocycles. The van der Waals surface area contributed by atoms with Crippen molar-refractivity contribution in [1.82, 2.24) is 0 Å². The first-order chi connectivity index (χ1) is 10.5. The van der Waals surface area contributed by atoms with E-state index in [-0.39, 0.29) is 26.4 Å². The van der Waals surface area contributed by atoms with Crippen molar-refractivity contribution in [3.63, 3.8) is 0 Å². The minimum atomic E-state index is -3.42. The van der Waals surface area contributed by atoms with Crippen LogP contribution in [0.25, 0.3) is 0 Å². The van der Waals surface area contributed by atoms with Crippen molar-refractivity contribution in [2.45, 2.75) is 6.10 Å². The second kappa shape index (κ2) is 14.5. The van der Waals surface area contributed by atoms with Gasteiger partial charge >= 0.3 is 7.60 Å². The Bertz CT molecular complexity index is 284. The first-order valence-electron chi connectivity index (χ1n) is 7.00. The summed E-state index contributed by atoms with van der Waals surface area (Å²) in [5, 5.41) is 17.5. The summed E-state index contributed by atoms with van der Waals surface area (Å²) in [6, 6.07) is 0. The molecule has 0 aromatic carbocycles. The van der Waals surface area contributed by atoms with Crippen LogP contribution in [-0.4, -0.2) is 93.9 Å². The zero-order chi connectivity index (χ0) is 16.7. The van der Waals surface area contributed by atoms with Crippen LogP contribution in [-0.2, 0) is 28.0 Å². The number of aliphatic hydroxyl groups is 2. The Morgan fingerprint density at radius 3 is 1.68 bits per heavy atom. The number of hydrogen-bond donors (Lipinski definition) is 3. The Morgan fingerprint density at radius 1 is 0.864 bits per heavy atom. The molecular weight excluding hydrogens is 319 g/mol. The Hall–Kier alpha value is -0.0900. The van der Waals surface area contributed by atoms with Gasteiger partial charge in [0.1, 0.15) is 6.10 Å². The van der Waals surface area contributed by atoms with Gasteiger partial charge in [0.05, 0.1) is 66.1 Å². The average molecular weight is 346 g/mol. The summed E-state index contributed by atoms with van der Waals surface area (Å²) < 4.78 is 36.0. The zero-order valence-corrected chi connectivity index (χ0v) is 13.8. The number of ether oxygens (including phenoxy) is 4. The third-order valence-corrected chi connectivity index (χ3v) is 2.86. The lowest BCUT2D eigenvalue weighted by atomic mass is 10.4. The van der Waals surface area contributed by atoms with E-state index in [4.69, 9.17) is 34.1 Å². The van der Waals surface area contributed by atoms with Gasteiger partial charge in [-0.2, -0.15) is 0 Å². The largest absolute Gasteiger partial charge is 0.394 e. The smallest absolute Gasteiger partial charge is 0.325 e. The van der Waals surface area contributed by atoms with Crippen LogP contribution in [0.15, 0.2) is 0 Å². The molecule has 0 aliphatic heterocycles. The van der Waals surface area contributed by atoms with Crippen molar-refractivity contribution >= 4 is 7.60 Å². The third-order valence-electron chi connectivity index (χ3n) is 2.20. The predicted octanol–water partition coefficient (Wildman–Crippen LogP) is -0.762. The molecule has 0 heterocycles. The van der Waals surface area contributed by atoms with Crippen LogP contribution in [0.1, 0.15) is 0 Å². The molecule has 0 aliphatic rings. The molecule has 0 bridgehead atoms. The lowest BCUT2D eigenvalue weighted by molar-refractivity contribution is -0.0273. The van der Waals surface area contributed by atoms with E-state index in [9.17, 15) is 4.57 Å². The van der Waals surface area contributed by atoms with Crippen LogP contribution >= 0.6 is 7.60 Å². The Labute approximate surface area is 130 Å². The molecule has 22 heavy (non-hydrogen) atoms. The van der Waals surface area contributed by atoms with Gasteiger partial charge in [0, 0.05) is 6.66 Å². The maximum absolute atomic E-state index is 10.8. The van der Waals surface area contributed by atoms with E-state index in [1.807, 2.05) is 0 Å². The second-order valence-electron chi connectivity index (χ2n) is 4.38. The second-order valence-corrected chi connectivity index (χ2v) is 6.25. The molecule has 0 aromatic rings. The highest BCUT2D eigenvalue weighted by Gasteiger charge is 2.08. The summed E-state index contributed by atoms with van der Waals surface area (Å²) in [4.78, 5) is 8.84. The first-order valence-corrected chi connectivity index (χ1v) is 9.03. The van der Waals surface area contributed by atoms with Gasteiger partial charge in [0.2, 0.25) is 0 Å². The molecule has 0 rings (SSSR count). The summed E-state index contributed by atoms with van der Waals surface area (Å²) in [6.07, 6.45) is -0.852. The van der Waals surface area contributed by atoms with Gasteiger partial charge in [-0.05, 0) is 0 Å². The van der Waals surface area contributed by atoms with Crippen molar-refractivity contribution in [3.05, 3.63) is 0 Å². The Balaban J connectivity index is 3.07. The Kier molecular flexibility index (Phi) is 14.4. The quantitative estimate of drug-likeness (QED) is 0.244. The van der Waals surface area contributed by atoms with Gasteiger partial charge in [-0.25, -0.2) is 0 Å². The minimum Gasteiger partial charge on any atom is -0.394 e. The SMILES string of the molecule is CP(=O)(O)OCCOCCOCCOCCOCC(O)CO. The fourth-order valence-electron chi connectivity index (χ4n) is 1.20. The van der Waals surface area contributed by atoms with Crippen molar-refractivity contribution in [3.8, 4) is 0 Å². The zero-order valence-electron chi connectivity index (χ0n) is 12.9. The Morgan fingerprint density at radius 2 is 1.27 bits per heavy atom. The van der Waals surface area contributed by atoms with Gasteiger partial charge in [-0.3, -0.25) is 4.57 Å². The molecule has 9 nitrogen and oxygen atoms in total. The average Bonchev–Trinajstić information content (AvgIpc) is 2.46. The lowest BCUT2D eigenvalue weighted by Crippen LogP contribution is -2.21. The molecular formula is C12H27O9P. The molecule has 0 spiro atoms. The van der Waals surface area contributed by atoms with E-state index in [0.29, 0.717) is 39.6 Å². The monoisotopic (exact) mass is 346 g/mol. The summed E-state index contributed by atoms with van der Waals surface area (Å²) in [6.45, 7) is 3.50. The number of aliphatic hydroxyl groups excluding tert-OH is 2. The van der Waals surface area contributed by atoms with E-state index in [0.717, 1.165) is 6.66 Å². The van der Waals surface area contributed by atoms with Gasteiger partial charge in [0.25, 0.3) is 0 Å². The van der Waals surface area contributed by atoms with E-state index in [1.54, 1.807) is 0 Å². The topological polar surface area (TPSA) is 124 Å². The van der Waals surface area contributed by atoms with Crippen molar-refractivity contribution in [2.75, 3.05) is 72.7 Å². The maximum Gasteiger partial charge on any atom is 0.325 e. The number of hydrogen-bond acceptors (Lipinski definition) is 8. The maximum atomic E-state index is 10.8. The van der Waals surface area contributed by atoms with Crippen LogP contribution in [0.3, 0.4) is 0 Å². The third kappa shape index (κ3) is 18.0. The standard InChI is InChI=1S/C12H27O9P/c1-22(15,16)21-9-8-19-5-4-17-2-3-18-6-7-20-11-12(14)10-13/h12-14H,2-11H2,1H3,(H,15,16). The van der Waals surface area contributed by atoms with E-state index < -0.39 is 13.7 Å². The highest BCUT2D eigenvalue weighted by atomic mass is 31.2. The lowest BCUT2D eigenvalue weighted by Gasteiger charge is -2.09. The summed E-state index contributed by atoms with van der Waals surface area (Å²) in [5.41, 5.74) is 0. The molecule has 0 fully saturated rings. The molecule has 0 saturated heterocycles. The molecule has 2 atom stereocenters. The van der Waals surface area contributed by atoms with Gasteiger partial charge < -0.3 is 38.6 Å². The van der Waals surface area contributed by atoms with Crippen LogP contribution in [0.5, 0.6) is 0 Å². The summed E-state index contributed by atoms with van der Waals surface area (Å²) in [5.74, 6) is 0. The van der Waals surface area contributed by atoms with Crippen LogP contribution in [0.2, 0.25) is 0 Å². The fourth-order valence-corrected chi connectivity index (χ4v) is 1.61. The van der Waals surface area contributed by atoms with Crippen LogP contribution < -0.4 is 0 Å². The van der Waals surface area contributed by atoms with E-state index >= 15 is 0 Å². The molecule has 134 valence electrons. The molecule has 0 radical (unpaired) electrons. The van der Waals surface area contributed by atoms with Crippen molar-refractivity contribution < 1.29 is 43.1 Å². The minimum absolute atomic E-state index is 0.0678. The highest BCUT2D eigenvalue weighted by molar-refractivity contribution is 7.51. The van der Waals surface area contributed by atoms with Gasteiger partial charge in [-0.15, -0.1) is 0 Å². The number of rotatable bonds is 16. The highest BCUT2D eigenvalue weighted by Crippen LogP contribution is 2.35. The summed E-state index contributed by atoms with van der Waals surface area (Å²) in [7, 11) is -3.42. The van der Waals surface area contributed by atoms with Gasteiger partial charge in [0.15, 0.2) is 0 Å². The molecule has 0 aromatic heterocycles. The van der Waals surface area contributed by atoms with E-state index in [1.165, 1.54) is 0 Å².